The minimum Gasteiger partial charge on any atom is -0.493 e. The lowest BCUT2D eigenvalue weighted by Crippen LogP contribution is -2.35. The Morgan fingerprint density at radius 1 is 1.35 bits per heavy atom. The van der Waals surface area contributed by atoms with Crippen LogP contribution in [0.15, 0.2) is 23.2 Å². The zero-order valence-electron chi connectivity index (χ0n) is 12.2. The van der Waals surface area contributed by atoms with E-state index in [1.165, 1.54) is 0 Å². The number of guanidine groups is 1. The van der Waals surface area contributed by atoms with Crippen LogP contribution in [0.3, 0.4) is 0 Å². The summed E-state index contributed by atoms with van der Waals surface area (Å²) in [6.45, 7) is 5.17. The van der Waals surface area contributed by atoms with Gasteiger partial charge in [0.05, 0.1) is 20.3 Å². The maximum Gasteiger partial charge on any atom is 0.194 e. The Morgan fingerprint density at radius 2 is 2.15 bits per heavy atom. The first-order chi connectivity index (χ1) is 9.24. The SMILES string of the molecule is CCOc1cc(CNC2=NCCN2C)ccc1OC.I. The van der Waals surface area contributed by atoms with Crippen LogP contribution in [0.4, 0.5) is 0 Å². The predicted molar refractivity (Wildman–Crippen MR) is 91.3 cm³/mol. The van der Waals surface area contributed by atoms with Gasteiger partial charge in [-0.1, -0.05) is 6.07 Å². The van der Waals surface area contributed by atoms with Gasteiger partial charge >= 0.3 is 0 Å². The van der Waals surface area contributed by atoms with E-state index in [-0.39, 0.29) is 24.0 Å². The molecule has 2 rings (SSSR count). The molecule has 0 amide bonds. The molecule has 0 aromatic heterocycles. The van der Waals surface area contributed by atoms with Crippen LogP contribution >= 0.6 is 24.0 Å². The molecule has 0 saturated heterocycles. The van der Waals surface area contributed by atoms with E-state index in [0.29, 0.717) is 6.61 Å². The van der Waals surface area contributed by atoms with Crippen LogP contribution < -0.4 is 14.8 Å². The Bertz CT molecular complexity index is 466. The van der Waals surface area contributed by atoms with Crippen LogP contribution in [-0.2, 0) is 6.54 Å². The first-order valence-corrected chi connectivity index (χ1v) is 6.53. The summed E-state index contributed by atoms with van der Waals surface area (Å²) in [5.74, 6) is 2.50. The number of hydrogen-bond donors (Lipinski definition) is 1. The molecule has 112 valence electrons. The topological polar surface area (TPSA) is 46.1 Å². The first-order valence-electron chi connectivity index (χ1n) is 6.53. The molecule has 1 N–H and O–H groups in total. The number of nitrogens with zero attached hydrogens (tertiary/aromatic N) is 2. The second-order valence-electron chi connectivity index (χ2n) is 4.40. The summed E-state index contributed by atoms with van der Waals surface area (Å²) in [7, 11) is 3.69. The van der Waals surface area contributed by atoms with Crippen molar-refractivity contribution in [2.75, 3.05) is 33.9 Å². The second kappa shape index (κ2) is 8.18. The highest BCUT2D eigenvalue weighted by molar-refractivity contribution is 14.0. The van der Waals surface area contributed by atoms with Gasteiger partial charge in [0, 0.05) is 20.1 Å². The number of nitrogens with one attached hydrogen (secondary N) is 1. The molecule has 6 heteroatoms. The van der Waals surface area contributed by atoms with Crippen LogP contribution in [0, 0.1) is 0 Å². The monoisotopic (exact) mass is 391 g/mol. The van der Waals surface area contributed by atoms with Crippen molar-refractivity contribution in [1.29, 1.82) is 0 Å². The molecule has 0 spiro atoms. The van der Waals surface area contributed by atoms with E-state index in [2.05, 4.69) is 15.2 Å². The molecular formula is C14H22IN3O2. The van der Waals surface area contributed by atoms with E-state index in [0.717, 1.165) is 42.7 Å². The summed E-state index contributed by atoms with van der Waals surface area (Å²) in [5, 5.41) is 3.33. The Balaban J connectivity index is 0.00000200. The van der Waals surface area contributed by atoms with Gasteiger partial charge in [-0.05, 0) is 24.6 Å². The molecule has 5 nitrogen and oxygen atoms in total. The zero-order valence-corrected chi connectivity index (χ0v) is 14.5. The number of aliphatic imine (C=N–C) groups is 1. The third-order valence-corrected chi connectivity index (χ3v) is 3.04. The van der Waals surface area contributed by atoms with E-state index < -0.39 is 0 Å². The molecule has 20 heavy (non-hydrogen) atoms. The minimum atomic E-state index is 0. The Labute approximate surface area is 137 Å². The second-order valence-corrected chi connectivity index (χ2v) is 4.40. The number of ether oxygens (including phenoxy) is 2. The highest BCUT2D eigenvalue weighted by Crippen LogP contribution is 2.27. The minimum absolute atomic E-state index is 0. The normalized spacial score (nSPS) is 13.6. The number of halogens is 1. The lowest BCUT2D eigenvalue weighted by molar-refractivity contribution is 0.310. The fourth-order valence-corrected chi connectivity index (χ4v) is 2.00. The van der Waals surface area contributed by atoms with Crippen LogP contribution in [0.1, 0.15) is 12.5 Å². The molecule has 1 aromatic carbocycles. The first kappa shape index (κ1) is 16.9. The van der Waals surface area contributed by atoms with E-state index in [1.807, 2.05) is 32.2 Å². The van der Waals surface area contributed by atoms with Crippen molar-refractivity contribution in [1.82, 2.24) is 10.2 Å². The summed E-state index contributed by atoms with van der Waals surface area (Å²) in [6.07, 6.45) is 0. The van der Waals surface area contributed by atoms with Crippen LogP contribution in [-0.4, -0.2) is 44.7 Å². The predicted octanol–water partition coefficient (Wildman–Crippen LogP) is 2.10. The van der Waals surface area contributed by atoms with E-state index in [4.69, 9.17) is 9.47 Å². The van der Waals surface area contributed by atoms with Gasteiger partial charge in [0.1, 0.15) is 0 Å². The van der Waals surface area contributed by atoms with Crippen molar-refractivity contribution in [3.8, 4) is 11.5 Å². The maximum absolute atomic E-state index is 5.57. The third-order valence-electron chi connectivity index (χ3n) is 3.04. The molecule has 0 aliphatic carbocycles. The molecule has 0 saturated carbocycles. The van der Waals surface area contributed by atoms with Crippen molar-refractivity contribution in [2.24, 2.45) is 4.99 Å². The van der Waals surface area contributed by atoms with Gasteiger partial charge in [-0.3, -0.25) is 4.99 Å². The quantitative estimate of drug-likeness (QED) is 0.782. The number of benzene rings is 1. The van der Waals surface area contributed by atoms with Gasteiger partial charge in [-0.15, -0.1) is 24.0 Å². The van der Waals surface area contributed by atoms with Gasteiger partial charge in [0.25, 0.3) is 0 Å². The van der Waals surface area contributed by atoms with Gasteiger partial charge in [-0.25, -0.2) is 0 Å². The van der Waals surface area contributed by atoms with Crippen molar-refractivity contribution < 1.29 is 9.47 Å². The summed E-state index contributed by atoms with van der Waals surface area (Å²) >= 11 is 0. The molecule has 0 radical (unpaired) electrons. The van der Waals surface area contributed by atoms with Crippen molar-refractivity contribution in [3.05, 3.63) is 23.8 Å². The van der Waals surface area contributed by atoms with Gasteiger partial charge in [-0.2, -0.15) is 0 Å². The van der Waals surface area contributed by atoms with Gasteiger partial charge in [0.2, 0.25) is 0 Å². The summed E-state index contributed by atoms with van der Waals surface area (Å²) in [6, 6.07) is 5.97. The fraction of sp³-hybridized carbons (Fsp3) is 0.500. The number of rotatable bonds is 5. The molecule has 1 aliphatic heterocycles. The lowest BCUT2D eigenvalue weighted by Gasteiger charge is -2.16. The Kier molecular flexibility index (Phi) is 6.90. The largest absolute Gasteiger partial charge is 0.493 e. The molecule has 0 bridgehead atoms. The van der Waals surface area contributed by atoms with Crippen molar-refractivity contribution >= 4 is 29.9 Å². The number of methoxy groups -OCH3 is 1. The molecule has 1 aromatic rings. The third kappa shape index (κ3) is 4.16. The van der Waals surface area contributed by atoms with Crippen LogP contribution in [0.25, 0.3) is 0 Å². The molecule has 0 unspecified atom stereocenters. The van der Waals surface area contributed by atoms with Crippen LogP contribution in [0.2, 0.25) is 0 Å². The van der Waals surface area contributed by atoms with E-state index in [1.54, 1.807) is 7.11 Å². The lowest BCUT2D eigenvalue weighted by atomic mass is 10.2. The average Bonchev–Trinajstić information content (AvgIpc) is 2.82. The fourth-order valence-electron chi connectivity index (χ4n) is 2.00. The van der Waals surface area contributed by atoms with E-state index in [9.17, 15) is 0 Å². The molecule has 0 atom stereocenters. The Hall–Kier alpha value is -1.18. The zero-order chi connectivity index (χ0) is 13.7. The van der Waals surface area contributed by atoms with Gasteiger partial charge in [0.15, 0.2) is 17.5 Å². The number of likely N-dealkylation sites (N-methyl/N-ethyl adjacent to an activating group) is 1. The molecule has 0 fully saturated rings. The standard InChI is InChI=1S/C14H21N3O2.HI/c1-4-19-13-9-11(5-6-12(13)18-3)10-16-14-15-7-8-17(14)2;/h5-6,9H,4,7-8,10H2,1-3H3,(H,15,16);1H. The summed E-state index contributed by atoms with van der Waals surface area (Å²) < 4.78 is 10.8. The molecule has 1 heterocycles. The van der Waals surface area contributed by atoms with E-state index >= 15 is 0 Å². The summed E-state index contributed by atoms with van der Waals surface area (Å²) in [4.78, 5) is 6.52. The van der Waals surface area contributed by atoms with Crippen molar-refractivity contribution in [3.63, 3.8) is 0 Å². The van der Waals surface area contributed by atoms with Gasteiger partial charge < -0.3 is 19.7 Å². The number of hydrogen-bond acceptors (Lipinski definition) is 5. The molecular weight excluding hydrogens is 369 g/mol. The highest BCUT2D eigenvalue weighted by Gasteiger charge is 2.12. The smallest absolute Gasteiger partial charge is 0.194 e. The Morgan fingerprint density at radius 3 is 2.75 bits per heavy atom. The molecule has 1 aliphatic rings. The van der Waals surface area contributed by atoms with Crippen molar-refractivity contribution in [2.45, 2.75) is 13.5 Å². The highest BCUT2D eigenvalue weighted by atomic mass is 127. The van der Waals surface area contributed by atoms with Crippen LogP contribution in [0.5, 0.6) is 11.5 Å². The average molecular weight is 391 g/mol. The summed E-state index contributed by atoms with van der Waals surface area (Å²) in [5.41, 5.74) is 1.15. The maximum atomic E-state index is 5.57.